The molecule has 0 aliphatic rings. The maximum absolute atomic E-state index is 12.5. The second-order valence-electron chi connectivity index (χ2n) is 3.72. The number of ether oxygens (including phenoxy) is 1. The van der Waals surface area contributed by atoms with E-state index in [2.05, 4.69) is 26.1 Å². The average molecular weight is 336 g/mol. The van der Waals surface area contributed by atoms with Crippen LogP contribution in [0.25, 0.3) is 0 Å². The molecule has 2 rings (SSSR count). The fraction of sp³-hybridized carbons (Fsp3) is 0.273. The molecule has 0 amide bonds. The van der Waals surface area contributed by atoms with Crippen LogP contribution in [0, 0.1) is 0 Å². The van der Waals surface area contributed by atoms with Crippen LogP contribution in [-0.2, 0) is 12.7 Å². The smallest absolute Gasteiger partial charge is 0.437 e. The Bertz CT molecular complexity index is 566. The van der Waals surface area contributed by atoms with E-state index in [-0.39, 0.29) is 11.1 Å². The Kier molecular flexibility index (Phi) is 3.79. The zero-order chi connectivity index (χ0) is 14.0. The molecule has 0 saturated heterocycles. The van der Waals surface area contributed by atoms with E-state index in [9.17, 15) is 13.2 Å². The summed E-state index contributed by atoms with van der Waals surface area (Å²) in [5, 5.41) is 7.11. The topological polar surface area (TPSA) is 39.9 Å². The molecule has 102 valence electrons. The third-order valence-corrected chi connectivity index (χ3v) is 2.90. The van der Waals surface area contributed by atoms with E-state index in [0.29, 0.717) is 5.75 Å². The summed E-state index contributed by atoms with van der Waals surface area (Å²) in [6.45, 7) is 0.151. The number of nitrogens with zero attached hydrogens (tertiary/aromatic N) is 3. The predicted octanol–water partition coefficient (Wildman–Crippen LogP) is 3.12. The van der Waals surface area contributed by atoms with E-state index in [4.69, 9.17) is 4.74 Å². The molecule has 0 bridgehead atoms. The van der Waals surface area contributed by atoms with Gasteiger partial charge in [-0.15, -0.1) is 10.2 Å². The van der Waals surface area contributed by atoms with Crippen molar-refractivity contribution in [3.63, 3.8) is 0 Å². The summed E-state index contributed by atoms with van der Waals surface area (Å²) in [4.78, 5) is 0.995. The van der Waals surface area contributed by atoms with Gasteiger partial charge in [0.25, 0.3) is 0 Å². The number of rotatable bonds is 3. The first-order chi connectivity index (χ1) is 8.90. The van der Waals surface area contributed by atoms with Crippen molar-refractivity contribution in [3.05, 3.63) is 40.1 Å². The van der Waals surface area contributed by atoms with Gasteiger partial charge in [-0.3, -0.25) is 0 Å². The summed E-state index contributed by atoms with van der Waals surface area (Å²) in [6.07, 6.45) is -4.52. The van der Waals surface area contributed by atoms with Crippen LogP contribution >= 0.6 is 15.9 Å². The fourth-order valence-corrected chi connectivity index (χ4v) is 1.95. The van der Waals surface area contributed by atoms with Crippen LogP contribution in [0.1, 0.15) is 11.3 Å². The largest absolute Gasteiger partial charge is 0.497 e. The minimum Gasteiger partial charge on any atom is -0.497 e. The summed E-state index contributed by atoms with van der Waals surface area (Å²) >= 11 is 2.75. The molecular weight excluding hydrogens is 327 g/mol. The second kappa shape index (κ2) is 5.20. The quantitative estimate of drug-likeness (QED) is 0.865. The lowest BCUT2D eigenvalue weighted by Crippen LogP contribution is -2.09. The van der Waals surface area contributed by atoms with E-state index in [1.165, 1.54) is 7.11 Å². The summed E-state index contributed by atoms with van der Waals surface area (Å²) in [5.74, 6) is 0.675. The normalized spacial score (nSPS) is 11.6. The fourth-order valence-electron chi connectivity index (χ4n) is 1.47. The number of alkyl halides is 3. The zero-order valence-electron chi connectivity index (χ0n) is 9.78. The van der Waals surface area contributed by atoms with Gasteiger partial charge in [0.1, 0.15) is 5.75 Å². The van der Waals surface area contributed by atoms with E-state index in [1.54, 1.807) is 24.3 Å². The van der Waals surface area contributed by atoms with Crippen LogP contribution in [0.15, 0.2) is 28.9 Å². The van der Waals surface area contributed by atoms with E-state index in [0.717, 1.165) is 10.4 Å². The van der Waals surface area contributed by atoms with Crippen molar-refractivity contribution in [3.8, 4) is 5.75 Å². The van der Waals surface area contributed by atoms with Gasteiger partial charge in [0, 0.05) is 0 Å². The third kappa shape index (κ3) is 3.25. The lowest BCUT2D eigenvalue weighted by Gasteiger charge is -2.03. The number of halogens is 4. The minimum absolute atomic E-state index is 0.151. The molecule has 0 aliphatic carbocycles. The maximum atomic E-state index is 12.5. The monoisotopic (exact) mass is 335 g/mol. The number of benzene rings is 1. The number of hydrogen-bond donors (Lipinski definition) is 0. The molecule has 19 heavy (non-hydrogen) atoms. The van der Waals surface area contributed by atoms with E-state index in [1.807, 2.05) is 0 Å². The molecule has 1 aromatic carbocycles. The molecule has 0 radical (unpaired) electrons. The van der Waals surface area contributed by atoms with Gasteiger partial charge in [0.05, 0.1) is 13.7 Å². The maximum Gasteiger partial charge on any atom is 0.437 e. The molecule has 0 saturated carbocycles. The number of aromatic nitrogens is 3. The van der Waals surface area contributed by atoms with Crippen molar-refractivity contribution >= 4 is 15.9 Å². The summed E-state index contributed by atoms with van der Waals surface area (Å²) in [7, 11) is 1.54. The molecule has 0 fully saturated rings. The Labute approximate surface area is 115 Å². The highest BCUT2D eigenvalue weighted by Gasteiger charge is 2.37. The molecular formula is C11H9BrF3N3O. The highest BCUT2D eigenvalue weighted by atomic mass is 79.9. The Morgan fingerprint density at radius 3 is 2.32 bits per heavy atom. The molecule has 0 aliphatic heterocycles. The Hall–Kier alpha value is -1.57. The van der Waals surface area contributed by atoms with Gasteiger partial charge in [0.2, 0.25) is 5.69 Å². The predicted molar refractivity (Wildman–Crippen MR) is 64.8 cm³/mol. The minimum atomic E-state index is -4.52. The van der Waals surface area contributed by atoms with Gasteiger partial charge in [-0.25, -0.2) is 0 Å². The van der Waals surface area contributed by atoms with Gasteiger partial charge in [-0.1, -0.05) is 12.1 Å². The first kappa shape index (κ1) is 13.9. The summed E-state index contributed by atoms with van der Waals surface area (Å²) in [6, 6.07) is 6.92. The van der Waals surface area contributed by atoms with E-state index >= 15 is 0 Å². The van der Waals surface area contributed by atoms with Crippen LogP contribution in [-0.4, -0.2) is 22.1 Å². The molecule has 0 unspecified atom stereocenters. The number of hydrogen-bond acceptors (Lipinski definition) is 3. The first-order valence-corrected chi connectivity index (χ1v) is 6.00. The molecule has 2 aromatic rings. The van der Waals surface area contributed by atoms with Crippen LogP contribution in [0.5, 0.6) is 5.75 Å². The second-order valence-corrected chi connectivity index (χ2v) is 4.47. The van der Waals surface area contributed by atoms with Crippen molar-refractivity contribution in [1.82, 2.24) is 15.0 Å². The summed E-state index contributed by atoms with van der Waals surface area (Å²) < 4.78 is 42.3. The Morgan fingerprint density at radius 2 is 1.84 bits per heavy atom. The molecule has 8 heteroatoms. The lowest BCUT2D eigenvalue weighted by atomic mass is 10.2. The molecule has 1 aromatic heterocycles. The first-order valence-electron chi connectivity index (χ1n) is 5.21. The highest BCUT2D eigenvalue weighted by Crippen LogP contribution is 2.32. The molecule has 0 atom stereocenters. The molecule has 4 nitrogen and oxygen atoms in total. The zero-order valence-corrected chi connectivity index (χ0v) is 11.4. The van der Waals surface area contributed by atoms with E-state index < -0.39 is 11.9 Å². The lowest BCUT2D eigenvalue weighted by molar-refractivity contribution is -0.142. The molecule has 0 N–H and O–H groups in total. The van der Waals surface area contributed by atoms with Crippen molar-refractivity contribution in [1.29, 1.82) is 0 Å². The third-order valence-electron chi connectivity index (χ3n) is 2.37. The van der Waals surface area contributed by atoms with Gasteiger partial charge in [-0.05, 0) is 33.6 Å². The van der Waals surface area contributed by atoms with Gasteiger partial charge in [-0.2, -0.15) is 18.0 Å². The van der Waals surface area contributed by atoms with Crippen LogP contribution in [0.2, 0.25) is 0 Å². The van der Waals surface area contributed by atoms with Crippen molar-refractivity contribution in [2.45, 2.75) is 12.7 Å². The standard InChI is InChI=1S/C11H9BrF3N3O/c1-19-8-4-2-7(3-5-8)6-18-16-9(10(12)17-18)11(13,14)15/h2-5H,6H2,1H3. The Morgan fingerprint density at radius 1 is 1.21 bits per heavy atom. The highest BCUT2D eigenvalue weighted by molar-refractivity contribution is 9.10. The molecule has 0 spiro atoms. The molecule has 1 heterocycles. The van der Waals surface area contributed by atoms with Gasteiger partial charge >= 0.3 is 6.18 Å². The van der Waals surface area contributed by atoms with Gasteiger partial charge in [0.15, 0.2) is 4.60 Å². The van der Waals surface area contributed by atoms with Crippen LogP contribution < -0.4 is 4.74 Å². The van der Waals surface area contributed by atoms with Crippen molar-refractivity contribution in [2.75, 3.05) is 7.11 Å². The van der Waals surface area contributed by atoms with Gasteiger partial charge < -0.3 is 4.74 Å². The average Bonchev–Trinajstić information content (AvgIpc) is 2.71. The Balaban J connectivity index is 2.19. The SMILES string of the molecule is COc1ccc(Cn2nc(Br)c(C(F)(F)F)n2)cc1. The summed E-state index contributed by atoms with van der Waals surface area (Å²) in [5.41, 5.74) is -0.252. The van der Waals surface area contributed by atoms with Crippen LogP contribution in [0.3, 0.4) is 0 Å². The number of methoxy groups -OCH3 is 1. The van der Waals surface area contributed by atoms with Crippen molar-refractivity contribution in [2.24, 2.45) is 0 Å². The van der Waals surface area contributed by atoms with Crippen LogP contribution in [0.4, 0.5) is 13.2 Å². The van der Waals surface area contributed by atoms with Crippen molar-refractivity contribution < 1.29 is 17.9 Å².